The number of carbonyl (C=O) groups is 1. The summed E-state index contributed by atoms with van der Waals surface area (Å²) in [6.45, 7) is 5.17. The summed E-state index contributed by atoms with van der Waals surface area (Å²) >= 11 is 11.8. The van der Waals surface area contributed by atoms with Crippen LogP contribution in [0.1, 0.15) is 30.0 Å². The summed E-state index contributed by atoms with van der Waals surface area (Å²) in [5.74, 6) is 0.724. The van der Waals surface area contributed by atoms with Gasteiger partial charge < -0.3 is 25.5 Å². The lowest BCUT2D eigenvalue weighted by Gasteiger charge is -2.19. The van der Waals surface area contributed by atoms with Crippen molar-refractivity contribution in [1.29, 1.82) is 0 Å². The highest BCUT2D eigenvalue weighted by Crippen LogP contribution is 2.22. The van der Waals surface area contributed by atoms with Crippen molar-refractivity contribution in [2.75, 3.05) is 26.2 Å². The monoisotopic (exact) mass is 426 g/mol. The second kappa shape index (κ2) is 10.4. The first-order valence-electron chi connectivity index (χ1n) is 8.85. The molecule has 1 amide bonds. The molecule has 0 fully saturated rings. The molecule has 2 aromatic rings. The van der Waals surface area contributed by atoms with Crippen molar-refractivity contribution in [3.63, 3.8) is 0 Å². The van der Waals surface area contributed by atoms with Crippen molar-refractivity contribution >= 4 is 35.1 Å². The Morgan fingerprint density at radius 1 is 1.18 bits per heavy atom. The fourth-order valence-corrected chi connectivity index (χ4v) is 2.63. The van der Waals surface area contributed by atoms with Gasteiger partial charge in [0.2, 0.25) is 0 Å². The fraction of sp³-hybridized carbons (Fsp3) is 0.368. The number of nitrogens with zero attached hydrogens (tertiary/aromatic N) is 1. The van der Waals surface area contributed by atoms with Crippen molar-refractivity contribution in [2.45, 2.75) is 19.4 Å². The molecule has 4 N–H and O–H groups in total. The quantitative estimate of drug-likeness (QED) is 0.295. The van der Waals surface area contributed by atoms with Crippen LogP contribution in [0.15, 0.2) is 46.0 Å². The van der Waals surface area contributed by atoms with E-state index in [9.17, 15) is 9.90 Å². The molecule has 0 radical (unpaired) electrons. The molecule has 0 aliphatic heterocycles. The van der Waals surface area contributed by atoms with Gasteiger partial charge >= 0.3 is 0 Å². The molecule has 1 aromatic carbocycles. The molecular formula is C19H24Cl2N4O3. The van der Waals surface area contributed by atoms with E-state index in [0.717, 1.165) is 0 Å². The predicted molar refractivity (Wildman–Crippen MR) is 111 cm³/mol. The second-order valence-electron chi connectivity index (χ2n) is 6.26. The van der Waals surface area contributed by atoms with E-state index in [1.165, 1.54) is 12.3 Å². The first kappa shape index (κ1) is 22.1. The Balaban J connectivity index is 1.84. The Bertz CT molecular complexity index is 808. The van der Waals surface area contributed by atoms with Crippen LogP contribution in [0, 0.1) is 0 Å². The number of amides is 1. The van der Waals surface area contributed by atoms with E-state index < -0.39 is 5.60 Å². The van der Waals surface area contributed by atoms with Crippen LogP contribution in [0.5, 0.6) is 0 Å². The van der Waals surface area contributed by atoms with Crippen molar-refractivity contribution in [2.24, 2.45) is 4.99 Å². The molecule has 9 heteroatoms. The smallest absolute Gasteiger partial charge is 0.251 e. The minimum Gasteiger partial charge on any atom is -0.466 e. The molecule has 28 heavy (non-hydrogen) atoms. The van der Waals surface area contributed by atoms with Gasteiger partial charge in [0.25, 0.3) is 5.91 Å². The summed E-state index contributed by atoms with van der Waals surface area (Å²) in [4.78, 5) is 16.5. The third-order valence-electron chi connectivity index (χ3n) is 3.83. The Labute approximate surface area is 174 Å². The highest BCUT2D eigenvalue weighted by molar-refractivity contribution is 6.42. The van der Waals surface area contributed by atoms with Gasteiger partial charge in [0, 0.05) is 25.2 Å². The minimum atomic E-state index is -1.21. The zero-order valence-electron chi connectivity index (χ0n) is 15.8. The van der Waals surface area contributed by atoms with Gasteiger partial charge in [-0.15, -0.1) is 0 Å². The molecular weight excluding hydrogens is 403 g/mol. The SMILES string of the molecule is CCNC(=NCC(C)(O)c1ccco1)NCCNC(=O)c1ccc(Cl)c(Cl)c1. The number of carbonyl (C=O) groups excluding carboxylic acids is 1. The Kier molecular flexibility index (Phi) is 8.17. The minimum absolute atomic E-state index is 0.117. The van der Waals surface area contributed by atoms with Gasteiger partial charge in [-0.05, 0) is 44.2 Å². The molecule has 0 aliphatic carbocycles. The summed E-state index contributed by atoms with van der Waals surface area (Å²) in [6, 6.07) is 8.13. The molecule has 0 aliphatic rings. The van der Waals surface area contributed by atoms with Gasteiger partial charge in [0.1, 0.15) is 11.4 Å². The number of nitrogens with one attached hydrogen (secondary N) is 3. The standard InChI is InChI=1S/C19H24Cl2N4O3/c1-3-22-18(25-12-19(2,27)16-5-4-10-28-16)24-9-8-23-17(26)13-6-7-14(20)15(21)11-13/h4-7,10-11,27H,3,8-9,12H2,1-2H3,(H,23,26)(H2,22,24,25). The van der Waals surface area contributed by atoms with E-state index in [1.54, 1.807) is 31.2 Å². The first-order valence-corrected chi connectivity index (χ1v) is 9.61. The zero-order chi connectivity index (χ0) is 20.6. The molecule has 1 unspecified atom stereocenters. The van der Waals surface area contributed by atoms with Crippen LogP contribution in [-0.4, -0.2) is 43.2 Å². The maximum atomic E-state index is 12.1. The van der Waals surface area contributed by atoms with Crippen LogP contribution in [0.4, 0.5) is 0 Å². The highest BCUT2D eigenvalue weighted by Gasteiger charge is 2.26. The van der Waals surface area contributed by atoms with Gasteiger partial charge in [-0.2, -0.15) is 0 Å². The third kappa shape index (κ3) is 6.44. The zero-order valence-corrected chi connectivity index (χ0v) is 17.3. The van der Waals surface area contributed by atoms with Crippen LogP contribution in [0.25, 0.3) is 0 Å². The van der Waals surface area contributed by atoms with Gasteiger partial charge in [0.15, 0.2) is 5.96 Å². The molecule has 1 aromatic heterocycles. The highest BCUT2D eigenvalue weighted by atomic mass is 35.5. The van der Waals surface area contributed by atoms with Crippen molar-refractivity contribution in [1.82, 2.24) is 16.0 Å². The van der Waals surface area contributed by atoms with Crippen LogP contribution < -0.4 is 16.0 Å². The summed E-state index contributed by atoms with van der Waals surface area (Å²) in [5, 5.41) is 20.2. The Morgan fingerprint density at radius 3 is 2.57 bits per heavy atom. The average molecular weight is 427 g/mol. The van der Waals surface area contributed by atoms with E-state index in [4.69, 9.17) is 27.6 Å². The normalized spacial score (nSPS) is 13.7. The summed E-state index contributed by atoms with van der Waals surface area (Å²) < 4.78 is 5.25. The molecule has 2 rings (SSSR count). The van der Waals surface area contributed by atoms with Crippen molar-refractivity contribution in [3.05, 3.63) is 58.0 Å². The number of furan rings is 1. The van der Waals surface area contributed by atoms with E-state index >= 15 is 0 Å². The average Bonchev–Trinajstić information content (AvgIpc) is 3.21. The summed E-state index contributed by atoms with van der Waals surface area (Å²) in [7, 11) is 0. The van der Waals surface area contributed by atoms with Crippen LogP contribution in [-0.2, 0) is 5.60 Å². The lowest BCUT2D eigenvalue weighted by atomic mass is 10.0. The molecule has 0 bridgehead atoms. The van der Waals surface area contributed by atoms with Gasteiger partial charge in [-0.1, -0.05) is 23.2 Å². The topological polar surface area (TPSA) is 98.9 Å². The van der Waals surface area contributed by atoms with E-state index in [2.05, 4.69) is 20.9 Å². The second-order valence-corrected chi connectivity index (χ2v) is 7.07. The van der Waals surface area contributed by atoms with Crippen molar-refractivity contribution < 1.29 is 14.3 Å². The van der Waals surface area contributed by atoms with E-state index in [-0.39, 0.29) is 12.5 Å². The van der Waals surface area contributed by atoms with Crippen molar-refractivity contribution in [3.8, 4) is 0 Å². The summed E-state index contributed by atoms with van der Waals surface area (Å²) in [6.07, 6.45) is 1.51. The molecule has 1 heterocycles. The van der Waals surface area contributed by atoms with Crippen LogP contribution >= 0.6 is 23.2 Å². The first-order chi connectivity index (χ1) is 13.3. The Morgan fingerprint density at radius 2 is 1.93 bits per heavy atom. The number of hydrogen-bond donors (Lipinski definition) is 4. The number of halogens is 2. The largest absolute Gasteiger partial charge is 0.466 e. The number of hydrogen-bond acceptors (Lipinski definition) is 4. The molecule has 1 atom stereocenters. The maximum absolute atomic E-state index is 12.1. The molecule has 152 valence electrons. The van der Waals surface area contributed by atoms with Gasteiger partial charge in [-0.25, -0.2) is 4.99 Å². The molecule has 0 saturated carbocycles. The van der Waals surface area contributed by atoms with Gasteiger partial charge in [-0.3, -0.25) is 4.79 Å². The van der Waals surface area contributed by atoms with E-state index in [0.29, 0.717) is 47.0 Å². The Hall–Kier alpha value is -2.22. The molecule has 0 spiro atoms. The fourth-order valence-electron chi connectivity index (χ4n) is 2.33. The number of aliphatic hydroxyl groups is 1. The maximum Gasteiger partial charge on any atom is 0.251 e. The van der Waals surface area contributed by atoms with Crippen LogP contribution in [0.3, 0.4) is 0 Å². The lowest BCUT2D eigenvalue weighted by molar-refractivity contribution is 0.0437. The number of rotatable bonds is 8. The van der Waals surface area contributed by atoms with Crippen LogP contribution in [0.2, 0.25) is 10.0 Å². The van der Waals surface area contributed by atoms with Gasteiger partial charge in [0.05, 0.1) is 22.9 Å². The molecule has 7 nitrogen and oxygen atoms in total. The molecule has 0 saturated heterocycles. The van der Waals surface area contributed by atoms with E-state index in [1.807, 2.05) is 6.92 Å². The summed E-state index contributed by atoms with van der Waals surface area (Å²) in [5.41, 5.74) is -0.780. The lowest BCUT2D eigenvalue weighted by Crippen LogP contribution is -2.42. The number of guanidine groups is 1. The number of benzene rings is 1. The predicted octanol–water partition coefficient (Wildman–Crippen LogP) is 2.78. The number of aliphatic imine (C=N–C) groups is 1. The third-order valence-corrected chi connectivity index (χ3v) is 4.57.